The van der Waals surface area contributed by atoms with Crippen molar-refractivity contribution in [1.29, 1.82) is 0 Å². The minimum atomic E-state index is -0.502. The lowest BCUT2D eigenvalue weighted by atomic mass is 10.1. The number of benzene rings is 1. The van der Waals surface area contributed by atoms with Crippen molar-refractivity contribution in [2.45, 2.75) is 25.4 Å². The Kier molecular flexibility index (Phi) is 3.10. The molecular weight excluding hydrogens is 254 g/mol. The normalized spacial score (nSPS) is 14.2. The van der Waals surface area contributed by atoms with Crippen molar-refractivity contribution in [2.24, 2.45) is 5.73 Å². The molecule has 0 aliphatic heterocycles. The van der Waals surface area contributed by atoms with Crippen molar-refractivity contribution in [3.63, 3.8) is 0 Å². The molecule has 5 heteroatoms. The van der Waals surface area contributed by atoms with Gasteiger partial charge in [0.2, 0.25) is 0 Å². The van der Waals surface area contributed by atoms with Crippen molar-refractivity contribution in [1.82, 2.24) is 0 Å². The van der Waals surface area contributed by atoms with E-state index in [1.54, 1.807) is 12.3 Å². The Morgan fingerprint density at radius 3 is 2.70 bits per heavy atom. The molecule has 0 bridgehead atoms. The predicted octanol–water partition coefficient (Wildman–Crippen LogP) is 2.13. The smallest absolute Gasteiger partial charge is 0.250 e. The number of hydrogen-bond acceptors (Lipinski definition) is 4. The first-order chi connectivity index (χ1) is 9.66. The standard InChI is InChI=1S/C15H17N3O2/c16-14-12(15(17)19)4-1-5-13(14)18(10-6-7-10)9-11-3-2-8-20-11/h1-5,8,10H,6-7,9,16H2,(H2,17,19). The van der Waals surface area contributed by atoms with E-state index in [0.29, 0.717) is 23.8 Å². The van der Waals surface area contributed by atoms with Gasteiger partial charge in [0.1, 0.15) is 5.76 Å². The summed E-state index contributed by atoms with van der Waals surface area (Å²) in [7, 11) is 0. The van der Waals surface area contributed by atoms with Crippen molar-refractivity contribution >= 4 is 17.3 Å². The second-order valence-corrected chi connectivity index (χ2v) is 5.04. The monoisotopic (exact) mass is 271 g/mol. The third-order valence-electron chi connectivity index (χ3n) is 3.55. The van der Waals surface area contributed by atoms with Crippen LogP contribution < -0.4 is 16.4 Å². The van der Waals surface area contributed by atoms with Crippen LogP contribution in [0.15, 0.2) is 41.0 Å². The highest BCUT2D eigenvalue weighted by Crippen LogP contribution is 2.37. The van der Waals surface area contributed by atoms with Gasteiger partial charge in [0.05, 0.1) is 29.7 Å². The summed E-state index contributed by atoms with van der Waals surface area (Å²) >= 11 is 0. The molecule has 1 saturated carbocycles. The molecule has 0 saturated heterocycles. The molecule has 1 amide bonds. The van der Waals surface area contributed by atoms with Crippen molar-refractivity contribution < 1.29 is 9.21 Å². The zero-order chi connectivity index (χ0) is 14.1. The Labute approximate surface area is 117 Å². The van der Waals surface area contributed by atoms with Crippen LogP contribution in [0.1, 0.15) is 29.0 Å². The van der Waals surface area contributed by atoms with Crippen molar-refractivity contribution in [3.8, 4) is 0 Å². The third-order valence-corrected chi connectivity index (χ3v) is 3.55. The molecule has 5 nitrogen and oxygen atoms in total. The summed E-state index contributed by atoms with van der Waals surface area (Å²) in [5.41, 5.74) is 13.1. The van der Waals surface area contributed by atoms with E-state index in [1.807, 2.05) is 24.3 Å². The number of nitrogen functional groups attached to an aromatic ring is 1. The summed E-state index contributed by atoms with van der Waals surface area (Å²) in [6.07, 6.45) is 3.91. The molecule has 4 N–H and O–H groups in total. The van der Waals surface area contributed by atoms with E-state index in [4.69, 9.17) is 15.9 Å². The number of carbonyl (C=O) groups is 1. The number of carbonyl (C=O) groups excluding carboxylic acids is 1. The van der Waals surface area contributed by atoms with E-state index in [2.05, 4.69) is 4.90 Å². The number of nitrogens with zero attached hydrogens (tertiary/aromatic N) is 1. The number of anilines is 2. The number of nitrogens with two attached hydrogens (primary N) is 2. The topological polar surface area (TPSA) is 85.5 Å². The average Bonchev–Trinajstić information content (AvgIpc) is 3.14. The van der Waals surface area contributed by atoms with Gasteiger partial charge in [-0.05, 0) is 37.1 Å². The Hall–Kier alpha value is -2.43. The van der Waals surface area contributed by atoms with Gasteiger partial charge >= 0.3 is 0 Å². The average molecular weight is 271 g/mol. The van der Waals surface area contributed by atoms with Crippen LogP contribution in [0.5, 0.6) is 0 Å². The number of rotatable bonds is 5. The maximum Gasteiger partial charge on any atom is 0.250 e. The Balaban J connectivity index is 1.95. The van der Waals surface area contributed by atoms with Gasteiger partial charge in [-0.15, -0.1) is 0 Å². The molecule has 1 fully saturated rings. The number of para-hydroxylation sites is 1. The Morgan fingerprint density at radius 2 is 2.10 bits per heavy atom. The molecule has 3 rings (SSSR count). The van der Waals surface area contributed by atoms with E-state index >= 15 is 0 Å². The second kappa shape index (κ2) is 4.92. The van der Waals surface area contributed by atoms with Gasteiger partial charge in [-0.3, -0.25) is 4.79 Å². The van der Waals surface area contributed by atoms with Gasteiger partial charge in [0.15, 0.2) is 0 Å². The van der Waals surface area contributed by atoms with Crippen LogP contribution in [0.2, 0.25) is 0 Å². The van der Waals surface area contributed by atoms with Crippen LogP contribution in [0.4, 0.5) is 11.4 Å². The molecule has 1 aromatic carbocycles. The largest absolute Gasteiger partial charge is 0.467 e. The number of hydrogen-bond donors (Lipinski definition) is 2. The van der Waals surface area contributed by atoms with E-state index < -0.39 is 5.91 Å². The predicted molar refractivity (Wildman–Crippen MR) is 77.3 cm³/mol. The number of amides is 1. The van der Waals surface area contributed by atoms with Crippen molar-refractivity contribution in [2.75, 3.05) is 10.6 Å². The Morgan fingerprint density at radius 1 is 1.30 bits per heavy atom. The molecule has 2 aromatic rings. The fourth-order valence-corrected chi connectivity index (χ4v) is 2.39. The van der Waals surface area contributed by atoms with Crippen LogP contribution in [-0.4, -0.2) is 11.9 Å². The number of primary amides is 1. The SMILES string of the molecule is NC(=O)c1cccc(N(Cc2ccco2)C2CC2)c1N. The molecule has 0 spiro atoms. The van der Waals surface area contributed by atoms with Crippen LogP contribution in [0, 0.1) is 0 Å². The molecule has 1 heterocycles. The van der Waals surface area contributed by atoms with E-state index in [9.17, 15) is 4.79 Å². The summed E-state index contributed by atoms with van der Waals surface area (Å²) in [5, 5.41) is 0. The molecule has 0 atom stereocenters. The summed E-state index contributed by atoms with van der Waals surface area (Å²) in [4.78, 5) is 13.6. The zero-order valence-corrected chi connectivity index (χ0v) is 11.1. The molecule has 1 aromatic heterocycles. The summed E-state index contributed by atoms with van der Waals surface area (Å²) in [6, 6.07) is 9.63. The second-order valence-electron chi connectivity index (χ2n) is 5.04. The quantitative estimate of drug-likeness (QED) is 0.816. The molecule has 0 radical (unpaired) electrons. The fourth-order valence-electron chi connectivity index (χ4n) is 2.39. The molecular formula is C15H17N3O2. The lowest BCUT2D eigenvalue weighted by molar-refractivity contribution is 0.100. The lowest BCUT2D eigenvalue weighted by Gasteiger charge is -2.25. The molecule has 1 aliphatic rings. The first-order valence-electron chi connectivity index (χ1n) is 6.64. The van der Waals surface area contributed by atoms with Gasteiger partial charge < -0.3 is 20.8 Å². The van der Waals surface area contributed by atoms with Gasteiger partial charge in [0, 0.05) is 6.04 Å². The first kappa shape index (κ1) is 12.6. The zero-order valence-electron chi connectivity index (χ0n) is 11.1. The third kappa shape index (κ3) is 2.34. The van der Waals surface area contributed by atoms with Gasteiger partial charge in [-0.2, -0.15) is 0 Å². The summed E-state index contributed by atoms with van der Waals surface area (Å²) in [6.45, 7) is 0.643. The molecule has 104 valence electrons. The Bertz CT molecular complexity index is 618. The molecule has 20 heavy (non-hydrogen) atoms. The van der Waals surface area contributed by atoms with Crippen LogP contribution in [0.25, 0.3) is 0 Å². The van der Waals surface area contributed by atoms with Gasteiger partial charge in [0.25, 0.3) is 5.91 Å². The summed E-state index contributed by atoms with van der Waals surface area (Å²) < 4.78 is 5.41. The lowest BCUT2D eigenvalue weighted by Crippen LogP contribution is -2.26. The van der Waals surface area contributed by atoms with Crippen LogP contribution in [-0.2, 0) is 6.54 Å². The highest BCUT2D eigenvalue weighted by atomic mass is 16.3. The van der Waals surface area contributed by atoms with E-state index in [-0.39, 0.29) is 0 Å². The maximum atomic E-state index is 11.4. The molecule has 0 unspecified atom stereocenters. The van der Waals surface area contributed by atoms with Crippen LogP contribution in [0.3, 0.4) is 0 Å². The molecule has 1 aliphatic carbocycles. The number of furan rings is 1. The van der Waals surface area contributed by atoms with Crippen LogP contribution >= 0.6 is 0 Å². The fraction of sp³-hybridized carbons (Fsp3) is 0.267. The van der Waals surface area contributed by atoms with Crippen molar-refractivity contribution in [3.05, 3.63) is 47.9 Å². The summed E-state index contributed by atoms with van der Waals surface area (Å²) in [5.74, 6) is 0.374. The maximum absolute atomic E-state index is 11.4. The first-order valence-corrected chi connectivity index (χ1v) is 6.64. The minimum Gasteiger partial charge on any atom is -0.467 e. The minimum absolute atomic E-state index is 0.368. The van der Waals surface area contributed by atoms with Gasteiger partial charge in [-0.25, -0.2) is 0 Å². The highest BCUT2D eigenvalue weighted by molar-refractivity contribution is 6.00. The van der Waals surface area contributed by atoms with E-state index in [0.717, 1.165) is 24.3 Å². The van der Waals surface area contributed by atoms with E-state index in [1.165, 1.54) is 0 Å². The van der Waals surface area contributed by atoms with Gasteiger partial charge in [-0.1, -0.05) is 6.07 Å². The highest BCUT2D eigenvalue weighted by Gasteiger charge is 2.31.